The van der Waals surface area contributed by atoms with Gasteiger partial charge in [0.15, 0.2) is 5.82 Å². The lowest BCUT2D eigenvalue weighted by molar-refractivity contribution is -0.118. The Hall–Kier alpha value is -3.12. The molecule has 0 spiro atoms. The Balaban J connectivity index is 1.79. The zero-order valence-corrected chi connectivity index (χ0v) is 16.3. The summed E-state index contributed by atoms with van der Waals surface area (Å²) in [6.45, 7) is 3.93. The fourth-order valence-electron chi connectivity index (χ4n) is 3.77. The Morgan fingerprint density at radius 3 is 2.55 bits per heavy atom. The number of hydrogen-bond acceptors (Lipinski definition) is 4. The molecule has 0 saturated carbocycles. The number of nitrogens with zero attached hydrogens (tertiary/aromatic N) is 3. The highest BCUT2D eigenvalue weighted by atomic mass is 19.1. The molecule has 29 heavy (non-hydrogen) atoms. The first-order valence-corrected chi connectivity index (χ1v) is 9.63. The third-order valence-electron chi connectivity index (χ3n) is 5.24. The van der Waals surface area contributed by atoms with Gasteiger partial charge in [-0.05, 0) is 29.2 Å². The molecule has 1 aromatic heterocycles. The van der Waals surface area contributed by atoms with Gasteiger partial charge >= 0.3 is 0 Å². The average Bonchev–Trinajstić information content (AvgIpc) is 3.05. The van der Waals surface area contributed by atoms with Crippen LogP contribution in [-0.2, 0) is 11.2 Å². The van der Waals surface area contributed by atoms with E-state index >= 15 is 0 Å². The Morgan fingerprint density at radius 2 is 1.86 bits per heavy atom. The van der Waals surface area contributed by atoms with Gasteiger partial charge in [0, 0.05) is 17.3 Å². The largest absolute Gasteiger partial charge is 0.394 e. The van der Waals surface area contributed by atoms with Gasteiger partial charge in [-0.3, -0.25) is 9.69 Å². The summed E-state index contributed by atoms with van der Waals surface area (Å²) in [5, 5.41) is 10.0. The van der Waals surface area contributed by atoms with Gasteiger partial charge in [0.1, 0.15) is 11.6 Å². The Kier molecular flexibility index (Phi) is 5.11. The van der Waals surface area contributed by atoms with Crippen LogP contribution in [0.25, 0.3) is 11.4 Å². The number of hydrogen-bond donors (Lipinski definition) is 1. The molecule has 1 N–H and O–H groups in total. The van der Waals surface area contributed by atoms with Crippen molar-refractivity contribution in [2.75, 3.05) is 11.5 Å². The first-order valence-electron chi connectivity index (χ1n) is 9.63. The molecule has 4 rings (SSSR count). The molecule has 1 aliphatic heterocycles. The second-order valence-corrected chi connectivity index (χ2v) is 7.47. The molecule has 5 nitrogen and oxygen atoms in total. The number of benzene rings is 2. The van der Waals surface area contributed by atoms with Crippen LogP contribution in [-0.4, -0.2) is 27.6 Å². The highest BCUT2D eigenvalue weighted by Gasteiger charge is 2.35. The van der Waals surface area contributed by atoms with E-state index in [0.29, 0.717) is 23.1 Å². The average molecular weight is 391 g/mol. The topological polar surface area (TPSA) is 66.3 Å². The van der Waals surface area contributed by atoms with Crippen LogP contribution in [0.3, 0.4) is 0 Å². The number of aromatic nitrogens is 2. The summed E-state index contributed by atoms with van der Waals surface area (Å²) >= 11 is 0. The van der Waals surface area contributed by atoms with Crippen LogP contribution in [0.4, 0.5) is 10.2 Å². The molecular weight excluding hydrogens is 369 g/mol. The molecular formula is C23H22FN3O2. The van der Waals surface area contributed by atoms with Gasteiger partial charge in [-0.1, -0.05) is 50.2 Å². The summed E-state index contributed by atoms with van der Waals surface area (Å²) < 4.78 is 13.3. The van der Waals surface area contributed by atoms with E-state index in [4.69, 9.17) is 4.98 Å². The van der Waals surface area contributed by atoms with E-state index < -0.39 is 6.04 Å². The molecule has 6 heteroatoms. The van der Waals surface area contributed by atoms with Gasteiger partial charge in [-0.15, -0.1) is 0 Å². The Bertz CT molecular complexity index is 1050. The minimum absolute atomic E-state index is 0.160. The molecule has 0 fully saturated rings. The van der Waals surface area contributed by atoms with E-state index in [2.05, 4.69) is 24.9 Å². The van der Waals surface area contributed by atoms with Crippen molar-refractivity contribution in [1.29, 1.82) is 0 Å². The van der Waals surface area contributed by atoms with E-state index in [9.17, 15) is 14.3 Å². The van der Waals surface area contributed by atoms with E-state index in [1.807, 2.05) is 18.2 Å². The maximum Gasteiger partial charge on any atom is 0.233 e. The predicted octanol–water partition coefficient (Wildman–Crippen LogP) is 4.03. The standard InChI is InChI=1S/C23H22FN3O2/c1-14(2)18-5-3-4-6-19(18)22-25-12-16-11-21(29)27(23(16)26-22)20(13-28)15-7-9-17(24)10-8-15/h3-10,12,14,20,28H,11,13H2,1-2H3/t20-/m1/s1. The molecule has 0 unspecified atom stereocenters. The zero-order chi connectivity index (χ0) is 20.5. The van der Waals surface area contributed by atoms with Gasteiger partial charge < -0.3 is 5.11 Å². The number of anilines is 1. The second kappa shape index (κ2) is 7.72. The maximum absolute atomic E-state index is 13.3. The number of aliphatic hydroxyl groups excluding tert-OH is 1. The number of carbonyl (C=O) groups is 1. The van der Waals surface area contributed by atoms with Crippen molar-refractivity contribution in [2.45, 2.75) is 32.2 Å². The van der Waals surface area contributed by atoms with Crippen LogP contribution in [0.5, 0.6) is 0 Å². The maximum atomic E-state index is 13.3. The predicted molar refractivity (Wildman–Crippen MR) is 109 cm³/mol. The molecule has 1 aliphatic rings. The smallest absolute Gasteiger partial charge is 0.233 e. The lowest BCUT2D eigenvalue weighted by atomic mass is 9.97. The molecule has 0 aliphatic carbocycles. The van der Waals surface area contributed by atoms with Gasteiger partial charge in [0.05, 0.1) is 19.1 Å². The highest BCUT2D eigenvalue weighted by molar-refractivity contribution is 6.01. The molecule has 2 aromatic carbocycles. The summed E-state index contributed by atoms with van der Waals surface area (Å²) in [5.41, 5.74) is 3.42. The monoisotopic (exact) mass is 391 g/mol. The minimum atomic E-state index is -0.632. The molecule has 1 amide bonds. The van der Waals surface area contributed by atoms with Gasteiger partial charge in [0.25, 0.3) is 0 Å². The summed E-state index contributed by atoms with van der Waals surface area (Å²) in [7, 11) is 0. The third kappa shape index (κ3) is 3.51. The first-order chi connectivity index (χ1) is 14.0. The fraction of sp³-hybridized carbons (Fsp3) is 0.261. The van der Waals surface area contributed by atoms with Crippen LogP contribution in [0.1, 0.15) is 42.5 Å². The zero-order valence-electron chi connectivity index (χ0n) is 16.3. The summed E-state index contributed by atoms with van der Waals surface area (Å²) in [5.74, 6) is 0.816. The van der Waals surface area contributed by atoms with Crippen molar-refractivity contribution in [1.82, 2.24) is 9.97 Å². The van der Waals surface area contributed by atoms with Crippen molar-refractivity contribution in [3.63, 3.8) is 0 Å². The molecule has 1 atom stereocenters. The normalized spacial score (nSPS) is 14.4. The number of halogens is 1. The van der Waals surface area contributed by atoms with Gasteiger partial charge in [-0.2, -0.15) is 0 Å². The number of fused-ring (bicyclic) bond motifs is 1. The van der Waals surface area contributed by atoms with Crippen LogP contribution in [0.2, 0.25) is 0 Å². The molecule has 0 saturated heterocycles. The number of carbonyl (C=O) groups excluding carboxylic acids is 1. The van der Waals surface area contributed by atoms with Crippen LogP contribution in [0, 0.1) is 5.82 Å². The SMILES string of the molecule is CC(C)c1ccccc1-c1ncc2c(n1)N([C@H](CO)c1ccc(F)cc1)C(=O)C2. The number of amides is 1. The number of aliphatic hydroxyl groups is 1. The Morgan fingerprint density at radius 1 is 1.14 bits per heavy atom. The summed E-state index contributed by atoms with van der Waals surface area (Å²) in [4.78, 5) is 23.5. The second-order valence-electron chi connectivity index (χ2n) is 7.47. The molecule has 2 heterocycles. The minimum Gasteiger partial charge on any atom is -0.394 e. The van der Waals surface area contributed by atoms with Crippen molar-refractivity contribution in [3.8, 4) is 11.4 Å². The molecule has 148 valence electrons. The van der Waals surface area contributed by atoms with Crippen LogP contribution >= 0.6 is 0 Å². The Labute approximate surface area is 168 Å². The van der Waals surface area contributed by atoms with Gasteiger partial charge in [-0.25, -0.2) is 14.4 Å². The first kappa shape index (κ1) is 19.2. The summed E-state index contributed by atoms with van der Waals surface area (Å²) in [6, 6.07) is 13.1. The lowest BCUT2D eigenvalue weighted by Gasteiger charge is -2.27. The van der Waals surface area contributed by atoms with E-state index in [1.54, 1.807) is 18.3 Å². The van der Waals surface area contributed by atoms with Crippen molar-refractivity contribution < 1.29 is 14.3 Å². The van der Waals surface area contributed by atoms with Gasteiger partial charge in [0.2, 0.25) is 5.91 Å². The lowest BCUT2D eigenvalue weighted by Crippen LogP contribution is -2.34. The molecule has 0 radical (unpaired) electrons. The number of rotatable bonds is 5. The van der Waals surface area contributed by atoms with Crippen LogP contribution < -0.4 is 4.90 Å². The van der Waals surface area contributed by atoms with E-state index in [-0.39, 0.29) is 24.8 Å². The van der Waals surface area contributed by atoms with E-state index in [1.165, 1.54) is 17.0 Å². The quantitative estimate of drug-likeness (QED) is 0.713. The van der Waals surface area contributed by atoms with Crippen molar-refractivity contribution >= 4 is 11.7 Å². The van der Waals surface area contributed by atoms with E-state index in [0.717, 1.165) is 16.7 Å². The highest BCUT2D eigenvalue weighted by Crippen LogP contribution is 2.36. The third-order valence-corrected chi connectivity index (χ3v) is 5.24. The van der Waals surface area contributed by atoms with Crippen molar-refractivity contribution in [2.24, 2.45) is 0 Å². The molecule has 3 aromatic rings. The summed E-state index contributed by atoms with van der Waals surface area (Å²) in [6.07, 6.45) is 1.87. The fourth-order valence-corrected chi connectivity index (χ4v) is 3.77. The van der Waals surface area contributed by atoms with Crippen molar-refractivity contribution in [3.05, 3.63) is 77.2 Å². The molecule has 0 bridgehead atoms. The van der Waals surface area contributed by atoms with Crippen LogP contribution in [0.15, 0.2) is 54.7 Å².